The van der Waals surface area contributed by atoms with Gasteiger partial charge in [0.05, 0.1) is 15.8 Å². The van der Waals surface area contributed by atoms with Gasteiger partial charge in [-0.15, -0.1) is 11.3 Å². The van der Waals surface area contributed by atoms with Crippen LogP contribution >= 0.6 is 46.1 Å². The summed E-state index contributed by atoms with van der Waals surface area (Å²) in [4.78, 5) is 0. The molecule has 102 valence electrons. The quantitative estimate of drug-likeness (QED) is 0.856. The van der Waals surface area contributed by atoms with Gasteiger partial charge in [0.1, 0.15) is 5.75 Å². The van der Waals surface area contributed by atoms with Gasteiger partial charge >= 0.3 is 0 Å². The number of halogens is 3. The lowest BCUT2D eigenvalue weighted by Crippen LogP contribution is -2.13. The fourth-order valence-corrected chi connectivity index (χ4v) is 3.65. The zero-order chi connectivity index (χ0) is 14.0. The van der Waals surface area contributed by atoms with E-state index in [1.807, 2.05) is 12.1 Å². The summed E-state index contributed by atoms with van der Waals surface area (Å²) >= 11 is 19.3. The van der Waals surface area contributed by atoms with Crippen LogP contribution in [-0.4, -0.2) is 7.11 Å². The highest BCUT2D eigenvalue weighted by atomic mass is 35.5. The van der Waals surface area contributed by atoms with Crippen molar-refractivity contribution in [2.24, 2.45) is 5.73 Å². The molecule has 0 radical (unpaired) electrons. The summed E-state index contributed by atoms with van der Waals surface area (Å²) in [7, 11) is 1.62. The van der Waals surface area contributed by atoms with Crippen LogP contribution in [0.15, 0.2) is 24.3 Å². The largest absolute Gasteiger partial charge is 0.496 e. The molecule has 0 spiro atoms. The van der Waals surface area contributed by atoms with E-state index in [1.54, 1.807) is 19.2 Å². The van der Waals surface area contributed by atoms with Gasteiger partial charge in [-0.2, -0.15) is 0 Å². The zero-order valence-corrected chi connectivity index (χ0v) is 13.2. The van der Waals surface area contributed by atoms with Gasteiger partial charge in [-0.25, -0.2) is 0 Å². The number of nitrogens with two attached hydrogens (primary N) is 1. The summed E-state index contributed by atoms with van der Waals surface area (Å²) < 4.78 is 6.56. The van der Waals surface area contributed by atoms with Gasteiger partial charge in [0.15, 0.2) is 0 Å². The van der Waals surface area contributed by atoms with E-state index in [0.29, 0.717) is 20.1 Å². The van der Waals surface area contributed by atoms with E-state index in [2.05, 4.69) is 0 Å². The first-order chi connectivity index (χ1) is 9.01. The van der Waals surface area contributed by atoms with Crippen molar-refractivity contribution in [3.05, 3.63) is 49.1 Å². The number of ether oxygens (including phenoxy) is 1. The fourth-order valence-electron chi connectivity index (χ4n) is 1.86. The minimum Gasteiger partial charge on any atom is -0.496 e. The van der Waals surface area contributed by atoms with E-state index in [0.717, 1.165) is 16.9 Å². The van der Waals surface area contributed by atoms with Crippen molar-refractivity contribution in [3.8, 4) is 5.75 Å². The first kappa shape index (κ1) is 14.9. The predicted octanol–water partition coefficient (Wildman–Crippen LogP) is 4.96. The number of methoxy groups -OCH3 is 1. The van der Waals surface area contributed by atoms with Gasteiger partial charge in [-0.05, 0) is 36.2 Å². The van der Waals surface area contributed by atoms with Crippen LogP contribution in [-0.2, 0) is 6.42 Å². The van der Waals surface area contributed by atoms with Crippen molar-refractivity contribution in [3.63, 3.8) is 0 Å². The third-order valence-corrected chi connectivity index (χ3v) is 4.52. The summed E-state index contributed by atoms with van der Waals surface area (Å²) in [6.07, 6.45) is 0.580. The molecular formula is C13H12Cl3NOS. The molecule has 0 aliphatic rings. The van der Waals surface area contributed by atoms with Gasteiger partial charge in [0.2, 0.25) is 0 Å². The second kappa shape index (κ2) is 6.33. The lowest BCUT2D eigenvalue weighted by molar-refractivity contribution is 0.408. The predicted molar refractivity (Wildman–Crippen MR) is 83.0 cm³/mol. The standard InChI is InChI=1S/C13H12Cl3NOS/c1-18-11-3-2-8(14)4-7(11)5-10(17)9-6-12(15)19-13(9)16/h2-4,6,10H,5,17H2,1H3. The van der Waals surface area contributed by atoms with Crippen molar-refractivity contribution in [2.45, 2.75) is 12.5 Å². The van der Waals surface area contributed by atoms with Crippen LogP contribution < -0.4 is 10.5 Å². The Labute approximate surface area is 131 Å². The highest BCUT2D eigenvalue weighted by molar-refractivity contribution is 7.20. The zero-order valence-electron chi connectivity index (χ0n) is 10.1. The highest BCUT2D eigenvalue weighted by Gasteiger charge is 2.16. The van der Waals surface area contributed by atoms with Gasteiger partial charge in [0, 0.05) is 16.6 Å². The Morgan fingerprint density at radius 1 is 1.26 bits per heavy atom. The molecule has 2 N–H and O–H groups in total. The van der Waals surface area contributed by atoms with E-state index in [-0.39, 0.29) is 6.04 Å². The van der Waals surface area contributed by atoms with Crippen LogP contribution in [0.25, 0.3) is 0 Å². The molecule has 1 heterocycles. The molecule has 0 fully saturated rings. The Bertz CT molecular complexity index is 585. The molecule has 0 aliphatic heterocycles. The number of hydrogen-bond acceptors (Lipinski definition) is 3. The molecule has 2 aromatic rings. The Morgan fingerprint density at radius 2 is 2.00 bits per heavy atom. The van der Waals surface area contributed by atoms with Crippen molar-refractivity contribution < 1.29 is 4.74 Å². The molecule has 0 bridgehead atoms. The van der Waals surface area contributed by atoms with Crippen LogP contribution in [0.3, 0.4) is 0 Å². The minimum atomic E-state index is -0.247. The van der Waals surface area contributed by atoms with E-state index in [9.17, 15) is 0 Å². The maximum Gasteiger partial charge on any atom is 0.122 e. The third-order valence-electron chi connectivity index (χ3n) is 2.76. The lowest BCUT2D eigenvalue weighted by atomic mass is 10.0. The Kier molecular flexibility index (Phi) is 4.98. The number of rotatable bonds is 4. The molecule has 0 saturated heterocycles. The van der Waals surface area contributed by atoms with Gasteiger partial charge < -0.3 is 10.5 Å². The maximum absolute atomic E-state index is 6.18. The molecule has 0 saturated carbocycles. The van der Waals surface area contributed by atoms with E-state index in [1.165, 1.54) is 11.3 Å². The number of benzene rings is 1. The van der Waals surface area contributed by atoms with Crippen LogP contribution in [0.2, 0.25) is 13.7 Å². The molecule has 1 aromatic heterocycles. The number of hydrogen-bond donors (Lipinski definition) is 1. The Morgan fingerprint density at radius 3 is 2.58 bits per heavy atom. The second-order valence-corrected chi connectivity index (χ2v) is 6.77. The summed E-state index contributed by atoms with van der Waals surface area (Å²) in [6, 6.07) is 7.01. The van der Waals surface area contributed by atoms with Gasteiger partial charge in [-0.1, -0.05) is 34.8 Å². The monoisotopic (exact) mass is 335 g/mol. The Hall–Kier alpha value is -0.450. The highest BCUT2D eigenvalue weighted by Crippen LogP contribution is 2.36. The molecule has 1 atom stereocenters. The molecule has 1 unspecified atom stereocenters. The SMILES string of the molecule is COc1ccc(Cl)cc1CC(N)c1cc(Cl)sc1Cl. The van der Waals surface area contributed by atoms with Crippen LogP contribution in [0.5, 0.6) is 5.75 Å². The lowest BCUT2D eigenvalue weighted by Gasteiger charge is -2.14. The minimum absolute atomic E-state index is 0.247. The molecule has 6 heteroatoms. The summed E-state index contributed by atoms with van der Waals surface area (Å²) in [5, 5.41) is 0.650. The van der Waals surface area contributed by atoms with E-state index in [4.69, 9.17) is 45.3 Å². The first-order valence-corrected chi connectivity index (χ1v) is 7.49. The molecule has 1 aromatic carbocycles. The second-order valence-electron chi connectivity index (χ2n) is 4.05. The fraction of sp³-hybridized carbons (Fsp3) is 0.231. The van der Waals surface area contributed by atoms with Gasteiger partial charge in [0.25, 0.3) is 0 Å². The summed E-state index contributed by atoms with van der Waals surface area (Å²) in [5.41, 5.74) is 7.97. The molecule has 0 aliphatic carbocycles. The van der Waals surface area contributed by atoms with Crippen molar-refractivity contribution in [2.75, 3.05) is 7.11 Å². The first-order valence-electron chi connectivity index (χ1n) is 5.54. The third kappa shape index (κ3) is 3.56. The summed E-state index contributed by atoms with van der Waals surface area (Å²) in [5.74, 6) is 0.761. The van der Waals surface area contributed by atoms with Crippen LogP contribution in [0, 0.1) is 0 Å². The topological polar surface area (TPSA) is 35.2 Å². The smallest absolute Gasteiger partial charge is 0.122 e. The van der Waals surface area contributed by atoms with E-state index >= 15 is 0 Å². The normalized spacial score (nSPS) is 12.5. The van der Waals surface area contributed by atoms with E-state index < -0.39 is 0 Å². The van der Waals surface area contributed by atoms with Crippen LogP contribution in [0.1, 0.15) is 17.2 Å². The molecule has 0 amide bonds. The Balaban J connectivity index is 2.25. The molecule has 2 nitrogen and oxygen atoms in total. The van der Waals surface area contributed by atoms with Gasteiger partial charge in [-0.3, -0.25) is 0 Å². The molecule has 19 heavy (non-hydrogen) atoms. The number of thiophene rings is 1. The van der Waals surface area contributed by atoms with Crippen molar-refractivity contribution in [1.29, 1.82) is 0 Å². The average molecular weight is 337 g/mol. The maximum atomic E-state index is 6.18. The summed E-state index contributed by atoms with van der Waals surface area (Å²) in [6.45, 7) is 0. The van der Waals surface area contributed by atoms with Crippen molar-refractivity contribution >= 4 is 46.1 Å². The molecule has 2 rings (SSSR count). The van der Waals surface area contributed by atoms with Crippen LogP contribution in [0.4, 0.5) is 0 Å². The molecular weight excluding hydrogens is 325 g/mol. The van der Waals surface area contributed by atoms with Crippen molar-refractivity contribution in [1.82, 2.24) is 0 Å². The average Bonchev–Trinajstić information content (AvgIpc) is 2.69.